The summed E-state index contributed by atoms with van der Waals surface area (Å²) in [5.41, 5.74) is 7.04. The van der Waals surface area contributed by atoms with Crippen molar-refractivity contribution >= 4 is 33.2 Å². The lowest BCUT2D eigenvalue weighted by atomic mass is 10.1. The first-order valence-corrected chi connectivity index (χ1v) is 9.27. The molecule has 0 unspecified atom stereocenters. The van der Waals surface area contributed by atoms with Crippen molar-refractivity contribution in [2.75, 3.05) is 4.90 Å². The number of hydrogen-bond acceptors (Lipinski definition) is 5. The summed E-state index contributed by atoms with van der Waals surface area (Å²) < 4.78 is 21.4. The second-order valence-electron chi connectivity index (χ2n) is 5.43. The molecular formula is C15H19N3O3S2. The lowest BCUT2D eigenvalue weighted by Crippen LogP contribution is -2.35. The van der Waals surface area contributed by atoms with Crippen molar-refractivity contribution in [3.63, 3.8) is 0 Å². The molecule has 2 amide bonds. The minimum Gasteiger partial charge on any atom is -0.351 e. The summed E-state index contributed by atoms with van der Waals surface area (Å²) in [6, 6.07) is 6.49. The summed E-state index contributed by atoms with van der Waals surface area (Å²) in [6.07, 6.45) is 1.76. The van der Waals surface area contributed by atoms with Crippen molar-refractivity contribution in [3.8, 4) is 0 Å². The van der Waals surface area contributed by atoms with Gasteiger partial charge in [0.2, 0.25) is 0 Å². The van der Waals surface area contributed by atoms with Crippen LogP contribution in [0.5, 0.6) is 0 Å². The van der Waals surface area contributed by atoms with E-state index in [2.05, 4.69) is 18.8 Å². The lowest BCUT2D eigenvalue weighted by molar-refractivity contribution is 0.253. The van der Waals surface area contributed by atoms with Crippen LogP contribution in [-0.2, 0) is 23.0 Å². The molecule has 8 heteroatoms. The Morgan fingerprint density at radius 3 is 2.35 bits per heavy atom. The van der Waals surface area contributed by atoms with Gasteiger partial charge in [-0.25, -0.2) is 18.2 Å². The maximum absolute atomic E-state index is 11.7. The van der Waals surface area contributed by atoms with E-state index in [1.165, 1.54) is 16.2 Å². The van der Waals surface area contributed by atoms with Crippen LogP contribution in [0.2, 0.25) is 0 Å². The molecule has 2 aromatic rings. The quantitative estimate of drug-likeness (QED) is 0.780. The van der Waals surface area contributed by atoms with E-state index in [4.69, 9.17) is 5.73 Å². The molecule has 0 aliphatic rings. The van der Waals surface area contributed by atoms with Gasteiger partial charge in [0, 0.05) is 11.1 Å². The molecule has 2 N–H and O–H groups in total. The fourth-order valence-electron chi connectivity index (χ4n) is 1.99. The zero-order chi connectivity index (χ0) is 17.0. The molecule has 1 aromatic carbocycles. The van der Waals surface area contributed by atoms with Crippen LogP contribution in [0.3, 0.4) is 0 Å². The summed E-state index contributed by atoms with van der Waals surface area (Å²) in [6.45, 7) is 4.42. The smallest absolute Gasteiger partial charge is 0.321 e. The van der Waals surface area contributed by atoms with Gasteiger partial charge in [-0.2, -0.15) is 0 Å². The van der Waals surface area contributed by atoms with Gasteiger partial charge in [-0.15, -0.1) is 11.3 Å². The highest BCUT2D eigenvalue weighted by Gasteiger charge is 2.17. The van der Waals surface area contributed by atoms with E-state index in [0.717, 1.165) is 10.4 Å². The van der Waals surface area contributed by atoms with Gasteiger partial charge in [-0.05, 0) is 17.0 Å². The number of benzene rings is 1. The topological polar surface area (TPSA) is 93.4 Å². The average molecular weight is 353 g/mol. The summed E-state index contributed by atoms with van der Waals surface area (Å²) in [4.78, 5) is 18.5. The van der Waals surface area contributed by atoms with E-state index in [1.807, 2.05) is 0 Å². The van der Waals surface area contributed by atoms with Crippen LogP contribution in [0.15, 0.2) is 30.5 Å². The van der Waals surface area contributed by atoms with Gasteiger partial charge in [0.1, 0.15) is 10.7 Å². The largest absolute Gasteiger partial charge is 0.351 e. The van der Waals surface area contributed by atoms with Crippen LogP contribution in [0.4, 0.5) is 9.93 Å². The third kappa shape index (κ3) is 4.77. The summed E-state index contributed by atoms with van der Waals surface area (Å²) in [7, 11) is -2.45. The number of aromatic nitrogens is 1. The number of primary amides is 1. The Morgan fingerprint density at radius 2 is 1.87 bits per heavy atom. The Bertz CT molecular complexity index is 744. The van der Waals surface area contributed by atoms with Crippen LogP contribution in [0.25, 0.3) is 0 Å². The first-order chi connectivity index (χ1) is 10.9. The second-order valence-corrected chi connectivity index (χ2v) is 7.45. The Morgan fingerprint density at radius 1 is 1.26 bits per heavy atom. The van der Waals surface area contributed by atoms with E-state index < -0.39 is 16.7 Å². The molecule has 0 saturated heterocycles. The number of rotatable bonds is 6. The Kier molecular flexibility index (Phi) is 5.73. The summed E-state index contributed by atoms with van der Waals surface area (Å²) in [5.74, 6) is 0.351. The number of thiol groups is 1. The average Bonchev–Trinajstić information content (AvgIpc) is 2.95. The maximum Gasteiger partial charge on any atom is 0.321 e. The number of nitrogens with zero attached hydrogens (tertiary/aromatic N) is 2. The molecule has 0 spiro atoms. The van der Waals surface area contributed by atoms with Gasteiger partial charge >= 0.3 is 6.03 Å². The van der Waals surface area contributed by atoms with Crippen molar-refractivity contribution in [2.45, 2.75) is 32.1 Å². The molecule has 0 bridgehead atoms. The van der Waals surface area contributed by atoms with E-state index in [0.29, 0.717) is 23.2 Å². The van der Waals surface area contributed by atoms with Gasteiger partial charge in [0.25, 0.3) is 0 Å². The van der Waals surface area contributed by atoms with Crippen LogP contribution < -0.4 is 10.6 Å². The summed E-state index contributed by atoms with van der Waals surface area (Å²) in [5, 5.41) is 0.563. The molecule has 0 fully saturated rings. The molecule has 2 rings (SSSR count). The molecule has 6 nitrogen and oxygen atoms in total. The van der Waals surface area contributed by atoms with Crippen LogP contribution in [-0.4, -0.2) is 19.4 Å². The Hall–Kier alpha value is -1.93. The number of carbonyl (C=O) groups is 1. The number of nitrogens with two attached hydrogens (primary N) is 1. The maximum atomic E-state index is 11.7. The SMILES string of the molecule is CC(C)c1cnc(N(Cc2ccc(C[SH](=O)=O)cc2)C(N)=O)s1. The standard InChI is InChI=1S/C15H19N3O3S2/c1-10(2)13-7-17-15(22-13)18(14(16)19)8-11-3-5-12(6-4-11)9-23(20)21/h3-7,10,23H,8-9H2,1-2H3,(H2,16,19). The zero-order valence-corrected chi connectivity index (χ0v) is 14.6. The van der Waals surface area contributed by atoms with Gasteiger partial charge in [-0.1, -0.05) is 38.1 Å². The minimum atomic E-state index is -2.45. The molecule has 1 heterocycles. The fourth-order valence-corrected chi connectivity index (χ4v) is 3.42. The first kappa shape index (κ1) is 17.4. The highest BCUT2D eigenvalue weighted by atomic mass is 32.2. The van der Waals surface area contributed by atoms with Gasteiger partial charge in [0.15, 0.2) is 5.13 Å². The molecule has 0 aliphatic heterocycles. The van der Waals surface area contributed by atoms with E-state index >= 15 is 0 Å². The first-order valence-electron chi connectivity index (χ1n) is 7.09. The van der Waals surface area contributed by atoms with Crippen LogP contribution in [0.1, 0.15) is 35.8 Å². The van der Waals surface area contributed by atoms with E-state index in [9.17, 15) is 13.2 Å². The van der Waals surface area contributed by atoms with Gasteiger partial charge in [-0.3, -0.25) is 4.90 Å². The number of amides is 2. The number of carbonyl (C=O) groups excluding carboxylic acids is 1. The van der Waals surface area contributed by atoms with Gasteiger partial charge in [0.05, 0.1) is 12.3 Å². The van der Waals surface area contributed by atoms with Crippen molar-refractivity contribution in [1.29, 1.82) is 0 Å². The molecule has 1 aromatic heterocycles. The highest BCUT2D eigenvalue weighted by Crippen LogP contribution is 2.28. The second kappa shape index (κ2) is 7.56. The van der Waals surface area contributed by atoms with Crippen molar-refractivity contribution in [2.24, 2.45) is 5.73 Å². The van der Waals surface area contributed by atoms with E-state index in [-0.39, 0.29) is 5.75 Å². The Labute approximate surface area is 140 Å². The predicted octanol–water partition coefficient (Wildman–Crippen LogP) is 2.46. The number of urea groups is 1. The zero-order valence-electron chi connectivity index (χ0n) is 12.9. The number of anilines is 1. The van der Waals surface area contributed by atoms with Crippen LogP contribution in [0, 0.1) is 0 Å². The van der Waals surface area contributed by atoms with Gasteiger partial charge < -0.3 is 5.73 Å². The minimum absolute atomic E-state index is 0.0133. The molecule has 0 aliphatic carbocycles. The Balaban J connectivity index is 2.17. The fraction of sp³-hybridized carbons (Fsp3) is 0.333. The third-order valence-electron chi connectivity index (χ3n) is 3.25. The normalized spacial score (nSPS) is 11.1. The lowest BCUT2D eigenvalue weighted by Gasteiger charge is -2.17. The van der Waals surface area contributed by atoms with E-state index in [1.54, 1.807) is 30.5 Å². The third-order valence-corrected chi connectivity index (χ3v) is 5.20. The summed E-state index contributed by atoms with van der Waals surface area (Å²) >= 11 is 1.44. The number of thiazole rings is 1. The molecule has 0 radical (unpaired) electrons. The monoisotopic (exact) mass is 353 g/mol. The molecule has 0 saturated carbocycles. The van der Waals surface area contributed by atoms with Crippen LogP contribution >= 0.6 is 11.3 Å². The van der Waals surface area contributed by atoms with Crippen molar-refractivity contribution in [1.82, 2.24) is 4.98 Å². The number of hydrogen-bond donors (Lipinski definition) is 2. The van der Waals surface area contributed by atoms with Crippen molar-refractivity contribution in [3.05, 3.63) is 46.5 Å². The predicted molar refractivity (Wildman–Crippen MR) is 92.4 cm³/mol. The molecule has 23 heavy (non-hydrogen) atoms. The molecule has 0 atom stereocenters. The molecule has 124 valence electrons. The highest BCUT2D eigenvalue weighted by molar-refractivity contribution is 7.71. The molecular weight excluding hydrogens is 334 g/mol. The van der Waals surface area contributed by atoms with Crippen molar-refractivity contribution < 1.29 is 13.2 Å².